The molecule has 1 aliphatic carbocycles. The van der Waals surface area contributed by atoms with Crippen LogP contribution in [0.3, 0.4) is 0 Å². The van der Waals surface area contributed by atoms with E-state index in [1.54, 1.807) is 0 Å². The molecule has 1 saturated carbocycles. The average molecular weight is 228 g/mol. The van der Waals surface area contributed by atoms with Crippen molar-refractivity contribution in [3.63, 3.8) is 0 Å². The molecule has 0 radical (unpaired) electrons. The summed E-state index contributed by atoms with van der Waals surface area (Å²) < 4.78 is 0. The van der Waals surface area contributed by atoms with Gasteiger partial charge in [0.2, 0.25) is 0 Å². The third-order valence-corrected chi connectivity index (χ3v) is 4.88. The molecule has 2 atom stereocenters. The fourth-order valence-corrected chi connectivity index (χ4v) is 4.00. The first-order chi connectivity index (χ1) is 7.40. The van der Waals surface area contributed by atoms with E-state index in [2.05, 4.69) is 28.9 Å². The van der Waals surface area contributed by atoms with Gasteiger partial charge in [0.1, 0.15) is 0 Å². The van der Waals surface area contributed by atoms with Crippen LogP contribution >= 0.6 is 11.8 Å². The second kappa shape index (κ2) is 6.12. The molecule has 0 spiro atoms. The highest BCUT2D eigenvalue weighted by Gasteiger charge is 2.29. The van der Waals surface area contributed by atoms with E-state index in [4.69, 9.17) is 0 Å². The third kappa shape index (κ3) is 3.36. The molecule has 1 aliphatic heterocycles. The molecule has 88 valence electrons. The minimum atomic E-state index is 0.897. The van der Waals surface area contributed by atoms with Crippen molar-refractivity contribution in [2.45, 2.75) is 43.9 Å². The summed E-state index contributed by atoms with van der Waals surface area (Å²) >= 11 is 2.17. The van der Waals surface area contributed by atoms with Crippen LogP contribution in [0, 0.1) is 0 Å². The maximum absolute atomic E-state index is 3.49. The topological polar surface area (TPSA) is 15.3 Å². The Morgan fingerprint density at radius 1 is 1.27 bits per heavy atom. The van der Waals surface area contributed by atoms with Crippen LogP contribution in [-0.4, -0.2) is 48.1 Å². The van der Waals surface area contributed by atoms with E-state index >= 15 is 0 Å². The minimum Gasteiger partial charge on any atom is -0.315 e. The molecular formula is C12H24N2S. The Labute approximate surface area is 98.2 Å². The van der Waals surface area contributed by atoms with Gasteiger partial charge in [-0.05, 0) is 44.5 Å². The van der Waals surface area contributed by atoms with Crippen LogP contribution in [0.5, 0.6) is 0 Å². The molecule has 0 aromatic rings. The molecule has 3 heteroatoms. The standard InChI is InChI=1S/C12H24N2S/c1-2-15-12-5-4-11(10-12)14-8-3-6-13-7-9-14/h11-13H,2-10H2,1H3. The fourth-order valence-electron chi connectivity index (χ4n) is 2.87. The van der Waals surface area contributed by atoms with Crippen LogP contribution in [0.2, 0.25) is 0 Å². The zero-order chi connectivity index (χ0) is 10.5. The molecule has 2 nitrogen and oxygen atoms in total. The summed E-state index contributed by atoms with van der Waals surface area (Å²) in [6.07, 6.45) is 5.67. The number of hydrogen-bond donors (Lipinski definition) is 1. The Morgan fingerprint density at radius 3 is 3.07 bits per heavy atom. The summed E-state index contributed by atoms with van der Waals surface area (Å²) in [6, 6.07) is 0.897. The molecule has 2 aliphatic rings. The van der Waals surface area contributed by atoms with Crippen molar-refractivity contribution < 1.29 is 0 Å². The van der Waals surface area contributed by atoms with Gasteiger partial charge in [-0.15, -0.1) is 0 Å². The van der Waals surface area contributed by atoms with Gasteiger partial charge < -0.3 is 5.32 Å². The van der Waals surface area contributed by atoms with Gasteiger partial charge in [0, 0.05) is 24.4 Å². The number of nitrogens with one attached hydrogen (secondary N) is 1. The lowest BCUT2D eigenvalue weighted by atomic mass is 10.2. The minimum absolute atomic E-state index is 0.897. The zero-order valence-corrected chi connectivity index (χ0v) is 10.7. The highest BCUT2D eigenvalue weighted by atomic mass is 32.2. The molecule has 0 amide bonds. The summed E-state index contributed by atoms with van der Waals surface area (Å²) in [7, 11) is 0. The van der Waals surface area contributed by atoms with E-state index in [1.165, 1.54) is 57.6 Å². The van der Waals surface area contributed by atoms with E-state index < -0.39 is 0 Å². The smallest absolute Gasteiger partial charge is 0.0110 e. The highest BCUT2D eigenvalue weighted by Crippen LogP contribution is 2.32. The van der Waals surface area contributed by atoms with Crippen molar-refractivity contribution in [2.75, 3.05) is 31.9 Å². The first-order valence-corrected chi connectivity index (χ1v) is 7.51. The number of hydrogen-bond acceptors (Lipinski definition) is 3. The molecule has 15 heavy (non-hydrogen) atoms. The predicted octanol–water partition coefficient (Wildman–Crippen LogP) is 1.96. The summed E-state index contributed by atoms with van der Waals surface area (Å²) in [4.78, 5) is 2.73. The quantitative estimate of drug-likeness (QED) is 0.795. The monoisotopic (exact) mass is 228 g/mol. The highest BCUT2D eigenvalue weighted by molar-refractivity contribution is 7.99. The molecule has 0 aromatic carbocycles. The van der Waals surface area contributed by atoms with E-state index in [9.17, 15) is 0 Å². The maximum Gasteiger partial charge on any atom is 0.0110 e. The van der Waals surface area contributed by atoms with Gasteiger partial charge in [0.25, 0.3) is 0 Å². The maximum atomic E-state index is 3.49. The lowest BCUT2D eigenvalue weighted by Crippen LogP contribution is -2.36. The van der Waals surface area contributed by atoms with Crippen LogP contribution < -0.4 is 5.32 Å². The van der Waals surface area contributed by atoms with Gasteiger partial charge in [-0.1, -0.05) is 6.92 Å². The van der Waals surface area contributed by atoms with Gasteiger partial charge in [-0.25, -0.2) is 0 Å². The lowest BCUT2D eigenvalue weighted by molar-refractivity contribution is 0.212. The normalized spacial score (nSPS) is 34.2. The Hall–Kier alpha value is 0.270. The Bertz CT molecular complexity index is 178. The lowest BCUT2D eigenvalue weighted by Gasteiger charge is -2.27. The molecule has 2 rings (SSSR count). The molecule has 1 heterocycles. The summed E-state index contributed by atoms with van der Waals surface area (Å²) in [5.41, 5.74) is 0. The Kier molecular flexibility index (Phi) is 4.79. The van der Waals surface area contributed by atoms with Crippen molar-refractivity contribution in [1.82, 2.24) is 10.2 Å². The van der Waals surface area contributed by atoms with Crippen molar-refractivity contribution >= 4 is 11.8 Å². The van der Waals surface area contributed by atoms with Crippen molar-refractivity contribution in [3.8, 4) is 0 Å². The molecule has 0 aromatic heterocycles. The van der Waals surface area contributed by atoms with Gasteiger partial charge in [-0.2, -0.15) is 11.8 Å². The summed E-state index contributed by atoms with van der Waals surface area (Å²) in [5.74, 6) is 1.29. The first-order valence-electron chi connectivity index (χ1n) is 6.46. The number of nitrogens with zero attached hydrogens (tertiary/aromatic N) is 1. The second-order valence-electron chi connectivity index (χ2n) is 4.68. The van der Waals surface area contributed by atoms with Crippen LogP contribution in [0.15, 0.2) is 0 Å². The fraction of sp³-hybridized carbons (Fsp3) is 1.00. The largest absolute Gasteiger partial charge is 0.315 e. The zero-order valence-electron chi connectivity index (χ0n) is 9.87. The molecule has 2 unspecified atom stereocenters. The molecule has 2 fully saturated rings. The van der Waals surface area contributed by atoms with Gasteiger partial charge in [0.05, 0.1) is 0 Å². The van der Waals surface area contributed by atoms with Crippen molar-refractivity contribution in [1.29, 1.82) is 0 Å². The van der Waals surface area contributed by atoms with Gasteiger partial charge >= 0.3 is 0 Å². The SMILES string of the molecule is CCSC1CCC(N2CCCNCC2)C1. The number of rotatable bonds is 3. The van der Waals surface area contributed by atoms with Gasteiger partial charge in [-0.3, -0.25) is 4.90 Å². The van der Waals surface area contributed by atoms with Crippen LogP contribution in [-0.2, 0) is 0 Å². The van der Waals surface area contributed by atoms with Gasteiger partial charge in [0.15, 0.2) is 0 Å². The molecule has 1 saturated heterocycles. The Balaban J connectivity index is 1.78. The summed E-state index contributed by atoms with van der Waals surface area (Å²) in [5, 5.41) is 4.45. The van der Waals surface area contributed by atoms with E-state index in [0.717, 1.165) is 11.3 Å². The van der Waals surface area contributed by atoms with E-state index in [0.29, 0.717) is 0 Å². The van der Waals surface area contributed by atoms with Crippen molar-refractivity contribution in [3.05, 3.63) is 0 Å². The van der Waals surface area contributed by atoms with Crippen LogP contribution in [0.4, 0.5) is 0 Å². The Morgan fingerprint density at radius 2 is 2.20 bits per heavy atom. The third-order valence-electron chi connectivity index (χ3n) is 3.65. The van der Waals surface area contributed by atoms with Crippen LogP contribution in [0.1, 0.15) is 32.6 Å². The summed E-state index contributed by atoms with van der Waals surface area (Å²) in [6.45, 7) is 7.29. The predicted molar refractivity (Wildman–Crippen MR) is 68.6 cm³/mol. The molecule has 0 bridgehead atoms. The van der Waals surface area contributed by atoms with Crippen LogP contribution in [0.25, 0.3) is 0 Å². The average Bonchev–Trinajstić information content (AvgIpc) is 2.53. The van der Waals surface area contributed by atoms with E-state index in [-0.39, 0.29) is 0 Å². The molecule has 1 N–H and O–H groups in total. The van der Waals surface area contributed by atoms with Crippen molar-refractivity contribution in [2.24, 2.45) is 0 Å². The second-order valence-corrected chi connectivity index (χ2v) is 6.26. The van der Waals surface area contributed by atoms with E-state index in [1.807, 2.05) is 0 Å². The molecular weight excluding hydrogens is 204 g/mol. The number of thioether (sulfide) groups is 1. The first kappa shape index (κ1) is 11.7.